The number of carbonyl (C=O) groups excluding carboxylic acids is 1. The lowest BCUT2D eigenvalue weighted by Gasteiger charge is -2.29. The molecule has 1 heterocycles. The van der Waals surface area contributed by atoms with E-state index in [9.17, 15) is 14.7 Å². The maximum Gasteiger partial charge on any atom is 0.274 e. The topological polar surface area (TPSA) is 75.4 Å². The van der Waals surface area contributed by atoms with Gasteiger partial charge in [-0.15, -0.1) is 0 Å². The Balaban J connectivity index is 2.31. The van der Waals surface area contributed by atoms with Crippen LogP contribution in [0.2, 0.25) is 0 Å². The van der Waals surface area contributed by atoms with E-state index in [0.29, 0.717) is 13.1 Å². The van der Waals surface area contributed by atoms with Crippen molar-refractivity contribution in [3.05, 3.63) is 64.1 Å². The second-order valence-electron chi connectivity index (χ2n) is 6.33. The third-order valence-corrected chi connectivity index (χ3v) is 3.47. The minimum Gasteiger partial charge on any atom is -0.389 e. The van der Waals surface area contributed by atoms with E-state index in [1.165, 1.54) is 16.8 Å². The van der Waals surface area contributed by atoms with E-state index in [1.54, 1.807) is 25.7 Å². The molecule has 0 aliphatic carbocycles. The monoisotopic (exact) mass is 329 g/mol. The highest BCUT2D eigenvalue weighted by molar-refractivity contribution is 5.92. The van der Waals surface area contributed by atoms with Gasteiger partial charge in [0.05, 0.1) is 5.60 Å². The molecule has 0 aliphatic rings. The molecule has 2 aromatic rings. The lowest BCUT2D eigenvalue weighted by atomic mass is 10.1. The molecule has 0 saturated carbocycles. The molecule has 128 valence electrons. The van der Waals surface area contributed by atoms with Gasteiger partial charge >= 0.3 is 0 Å². The summed E-state index contributed by atoms with van der Waals surface area (Å²) in [4.78, 5) is 26.0. The summed E-state index contributed by atoms with van der Waals surface area (Å²) >= 11 is 0. The second-order valence-corrected chi connectivity index (χ2v) is 6.33. The lowest BCUT2D eigenvalue weighted by Crippen LogP contribution is -2.42. The standard InChI is InChI=1S/C18H23N3O3/c1-4-21-16(22)11-10-15(19-21)17(23)20(13-18(2,3)24)12-14-8-6-5-7-9-14/h5-11,24H,4,12-13H2,1-3H3. The molecule has 2 rings (SSSR count). The molecule has 0 bridgehead atoms. The van der Waals surface area contributed by atoms with Gasteiger partial charge in [0.2, 0.25) is 0 Å². The van der Waals surface area contributed by atoms with Gasteiger partial charge in [-0.25, -0.2) is 4.68 Å². The minimum atomic E-state index is -1.04. The molecule has 0 unspecified atom stereocenters. The summed E-state index contributed by atoms with van der Waals surface area (Å²) in [6.07, 6.45) is 0. The van der Waals surface area contributed by atoms with Crippen molar-refractivity contribution in [1.82, 2.24) is 14.7 Å². The van der Waals surface area contributed by atoms with Crippen molar-refractivity contribution in [3.8, 4) is 0 Å². The number of nitrogens with zero attached hydrogens (tertiary/aromatic N) is 3. The average Bonchev–Trinajstić information content (AvgIpc) is 2.54. The van der Waals surface area contributed by atoms with Crippen LogP contribution in [0, 0.1) is 0 Å². The Bertz CT molecular complexity index is 748. The fourth-order valence-electron chi connectivity index (χ4n) is 2.42. The van der Waals surface area contributed by atoms with Gasteiger partial charge in [-0.1, -0.05) is 30.3 Å². The van der Waals surface area contributed by atoms with Gasteiger partial charge in [0.25, 0.3) is 11.5 Å². The largest absolute Gasteiger partial charge is 0.389 e. The lowest BCUT2D eigenvalue weighted by molar-refractivity contribution is 0.0275. The van der Waals surface area contributed by atoms with Crippen molar-refractivity contribution in [2.75, 3.05) is 6.54 Å². The Morgan fingerprint density at radius 3 is 2.46 bits per heavy atom. The van der Waals surface area contributed by atoms with Gasteiger partial charge in [-0.05, 0) is 32.4 Å². The third kappa shape index (κ3) is 4.76. The Morgan fingerprint density at radius 1 is 1.21 bits per heavy atom. The Morgan fingerprint density at radius 2 is 1.88 bits per heavy atom. The van der Waals surface area contributed by atoms with Crippen LogP contribution in [0.25, 0.3) is 0 Å². The molecule has 1 aromatic heterocycles. The molecular weight excluding hydrogens is 306 g/mol. The zero-order chi connectivity index (χ0) is 17.7. The van der Waals surface area contributed by atoms with Gasteiger partial charge in [-0.3, -0.25) is 9.59 Å². The van der Waals surface area contributed by atoms with Crippen LogP contribution in [0.15, 0.2) is 47.3 Å². The SMILES string of the molecule is CCn1nc(C(=O)N(Cc2ccccc2)CC(C)(C)O)ccc1=O. The quantitative estimate of drug-likeness (QED) is 0.875. The number of rotatable bonds is 6. The zero-order valence-corrected chi connectivity index (χ0v) is 14.3. The molecule has 0 fully saturated rings. The molecule has 0 radical (unpaired) electrons. The van der Waals surface area contributed by atoms with E-state index in [4.69, 9.17) is 0 Å². The number of hydrogen-bond donors (Lipinski definition) is 1. The summed E-state index contributed by atoms with van der Waals surface area (Å²) in [5.74, 6) is -0.317. The van der Waals surface area contributed by atoms with E-state index in [1.807, 2.05) is 30.3 Å². The van der Waals surface area contributed by atoms with Crippen LogP contribution < -0.4 is 5.56 Å². The molecule has 6 heteroatoms. The Hall–Kier alpha value is -2.47. The summed E-state index contributed by atoms with van der Waals surface area (Å²) in [5.41, 5.74) is -0.134. The molecular formula is C18H23N3O3. The maximum absolute atomic E-state index is 12.8. The van der Waals surface area contributed by atoms with Gasteiger partial charge in [0, 0.05) is 25.7 Å². The average molecular weight is 329 g/mol. The van der Waals surface area contributed by atoms with E-state index in [-0.39, 0.29) is 23.7 Å². The van der Waals surface area contributed by atoms with Crippen molar-refractivity contribution < 1.29 is 9.90 Å². The fourth-order valence-corrected chi connectivity index (χ4v) is 2.42. The normalized spacial score (nSPS) is 11.3. The first-order valence-corrected chi connectivity index (χ1v) is 7.94. The molecule has 1 N–H and O–H groups in total. The summed E-state index contributed by atoms with van der Waals surface area (Å²) in [7, 11) is 0. The molecule has 0 aliphatic heterocycles. The van der Waals surface area contributed by atoms with Gasteiger partial charge in [0.15, 0.2) is 0 Å². The van der Waals surface area contributed by atoms with Crippen LogP contribution in [0.3, 0.4) is 0 Å². The maximum atomic E-state index is 12.8. The molecule has 0 spiro atoms. The number of aryl methyl sites for hydroxylation is 1. The minimum absolute atomic E-state index is 0.160. The molecule has 1 amide bonds. The van der Waals surface area contributed by atoms with Gasteiger partial charge in [-0.2, -0.15) is 5.10 Å². The van der Waals surface area contributed by atoms with Crippen LogP contribution in [0.4, 0.5) is 0 Å². The summed E-state index contributed by atoms with van der Waals surface area (Å²) in [6, 6.07) is 12.3. The first-order chi connectivity index (χ1) is 11.3. The predicted molar refractivity (Wildman–Crippen MR) is 91.7 cm³/mol. The van der Waals surface area contributed by atoms with Crippen LogP contribution in [0.1, 0.15) is 36.8 Å². The highest BCUT2D eigenvalue weighted by Gasteiger charge is 2.25. The molecule has 0 atom stereocenters. The number of benzene rings is 1. The van der Waals surface area contributed by atoms with Crippen LogP contribution in [-0.4, -0.2) is 37.8 Å². The number of aliphatic hydroxyl groups is 1. The number of amides is 1. The van der Waals surface area contributed by atoms with Crippen LogP contribution in [-0.2, 0) is 13.1 Å². The smallest absolute Gasteiger partial charge is 0.274 e. The summed E-state index contributed by atoms with van der Waals surface area (Å²) in [6.45, 7) is 6.01. The van der Waals surface area contributed by atoms with Crippen molar-refractivity contribution in [2.45, 2.75) is 39.5 Å². The Labute approximate surface area is 141 Å². The van der Waals surface area contributed by atoms with Crippen LogP contribution in [0.5, 0.6) is 0 Å². The van der Waals surface area contributed by atoms with Crippen molar-refractivity contribution in [2.24, 2.45) is 0 Å². The highest BCUT2D eigenvalue weighted by atomic mass is 16.3. The zero-order valence-electron chi connectivity index (χ0n) is 14.3. The Kier molecular flexibility index (Phi) is 5.51. The molecule has 1 aromatic carbocycles. The number of hydrogen-bond acceptors (Lipinski definition) is 4. The summed E-state index contributed by atoms with van der Waals surface area (Å²) < 4.78 is 1.25. The van der Waals surface area contributed by atoms with Crippen molar-refractivity contribution in [3.63, 3.8) is 0 Å². The van der Waals surface area contributed by atoms with E-state index >= 15 is 0 Å². The molecule has 0 saturated heterocycles. The van der Waals surface area contributed by atoms with Crippen molar-refractivity contribution in [1.29, 1.82) is 0 Å². The predicted octanol–water partition coefficient (Wildman–Crippen LogP) is 1.68. The third-order valence-electron chi connectivity index (χ3n) is 3.47. The van der Waals surface area contributed by atoms with E-state index in [2.05, 4.69) is 5.10 Å². The summed E-state index contributed by atoms with van der Waals surface area (Å²) in [5, 5.41) is 14.3. The van der Waals surface area contributed by atoms with E-state index in [0.717, 1.165) is 5.56 Å². The van der Waals surface area contributed by atoms with Gasteiger partial charge < -0.3 is 10.0 Å². The first-order valence-electron chi connectivity index (χ1n) is 7.94. The van der Waals surface area contributed by atoms with Crippen LogP contribution >= 0.6 is 0 Å². The highest BCUT2D eigenvalue weighted by Crippen LogP contribution is 2.13. The molecule has 24 heavy (non-hydrogen) atoms. The fraction of sp³-hybridized carbons (Fsp3) is 0.389. The molecule has 6 nitrogen and oxygen atoms in total. The van der Waals surface area contributed by atoms with E-state index < -0.39 is 5.60 Å². The van der Waals surface area contributed by atoms with Crippen molar-refractivity contribution >= 4 is 5.91 Å². The number of carbonyl (C=O) groups is 1. The van der Waals surface area contributed by atoms with Gasteiger partial charge in [0.1, 0.15) is 5.69 Å². The first kappa shape index (κ1) is 17.9. The number of aromatic nitrogens is 2. The second kappa shape index (κ2) is 7.40.